The molecular formula is C25H24F4N6O2. The van der Waals surface area contributed by atoms with E-state index in [-0.39, 0.29) is 24.6 Å². The predicted octanol–water partition coefficient (Wildman–Crippen LogP) is 3.42. The Morgan fingerprint density at radius 3 is 2.54 bits per heavy atom. The zero-order chi connectivity index (χ0) is 25.9. The molecule has 0 spiro atoms. The van der Waals surface area contributed by atoms with Gasteiger partial charge in [-0.2, -0.15) is 13.2 Å². The lowest BCUT2D eigenvalue weighted by atomic mass is 9.74. The molecule has 194 valence electrons. The lowest BCUT2D eigenvalue weighted by Gasteiger charge is -2.43. The minimum Gasteiger partial charge on any atom is -0.379 e. The summed E-state index contributed by atoms with van der Waals surface area (Å²) in [5.74, 6) is 0.144. The van der Waals surface area contributed by atoms with Crippen molar-refractivity contribution in [2.45, 2.75) is 30.7 Å². The maximum absolute atomic E-state index is 15.8. The largest absolute Gasteiger partial charge is 0.418 e. The molecule has 0 aliphatic carbocycles. The number of alkyl halides is 4. The number of halogens is 4. The van der Waals surface area contributed by atoms with Crippen molar-refractivity contribution in [1.29, 1.82) is 0 Å². The number of hydrogen-bond acceptors (Lipinski definition) is 5. The number of nitrogens with zero attached hydrogens (tertiary/aromatic N) is 6. The van der Waals surface area contributed by atoms with Crippen LogP contribution < -0.4 is 5.69 Å². The van der Waals surface area contributed by atoms with Crippen molar-refractivity contribution in [3.05, 3.63) is 82.1 Å². The summed E-state index contributed by atoms with van der Waals surface area (Å²) < 4.78 is 66.8. The molecule has 3 aromatic heterocycles. The van der Waals surface area contributed by atoms with Gasteiger partial charge in [0.05, 0.1) is 35.4 Å². The Morgan fingerprint density at radius 1 is 1.16 bits per heavy atom. The Kier molecular flexibility index (Phi) is 5.50. The summed E-state index contributed by atoms with van der Waals surface area (Å²) in [6.45, 7) is 2.16. The lowest BCUT2D eigenvalue weighted by molar-refractivity contribution is -0.136. The zero-order valence-corrected chi connectivity index (χ0v) is 20.0. The van der Waals surface area contributed by atoms with E-state index >= 15 is 4.39 Å². The van der Waals surface area contributed by atoms with E-state index < -0.39 is 29.0 Å². The second-order valence-electron chi connectivity index (χ2n) is 9.79. The van der Waals surface area contributed by atoms with Crippen molar-refractivity contribution in [3.63, 3.8) is 0 Å². The summed E-state index contributed by atoms with van der Waals surface area (Å²) in [6, 6.07) is 7.73. The average molecular weight is 516 g/mol. The summed E-state index contributed by atoms with van der Waals surface area (Å²) in [7, 11) is 1.65. The van der Waals surface area contributed by atoms with E-state index in [0.29, 0.717) is 23.4 Å². The van der Waals surface area contributed by atoms with E-state index in [1.807, 2.05) is 4.90 Å². The van der Waals surface area contributed by atoms with Crippen LogP contribution in [-0.4, -0.2) is 54.9 Å². The van der Waals surface area contributed by atoms with Crippen LogP contribution in [0.15, 0.2) is 53.8 Å². The molecule has 5 heterocycles. The first-order valence-corrected chi connectivity index (χ1v) is 11.9. The van der Waals surface area contributed by atoms with Crippen LogP contribution in [0.25, 0.3) is 11.2 Å². The number of ether oxygens (including phenoxy) is 1. The van der Waals surface area contributed by atoms with Gasteiger partial charge in [0.15, 0.2) is 12.0 Å². The van der Waals surface area contributed by atoms with E-state index in [4.69, 9.17) is 4.74 Å². The van der Waals surface area contributed by atoms with Crippen molar-refractivity contribution >= 4 is 5.52 Å². The number of fused-ring (bicyclic) bond motifs is 1. The Hall–Kier alpha value is -3.51. The average Bonchev–Trinajstić information content (AvgIpc) is 3.38. The van der Waals surface area contributed by atoms with Crippen LogP contribution in [0.4, 0.5) is 17.6 Å². The minimum absolute atomic E-state index is 0.0925. The monoisotopic (exact) mass is 516 g/mol. The van der Waals surface area contributed by atoms with Gasteiger partial charge >= 0.3 is 11.9 Å². The molecule has 0 amide bonds. The summed E-state index contributed by atoms with van der Waals surface area (Å²) in [6.07, 6.45) is -1.09. The van der Waals surface area contributed by atoms with Crippen LogP contribution in [0.5, 0.6) is 0 Å². The fourth-order valence-corrected chi connectivity index (χ4v) is 5.06. The van der Waals surface area contributed by atoms with E-state index in [1.165, 1.54) is 27.9 Å². The first kappa shape index (κ1) is 23.9. The number of rotatable bonds is 6. The number of hydrogen-bond donors (Lipinski definition) is 0. The first-order valence-electron chi connectivity index (χ1n) is 11.9. The number of imidazole rings is 1. The predicted molar refractivity (Wildman–Crippen MR) is 125 cm³/mol. The van der Waals surface area contributed by atoms with Crippen LogP contribution in [0.2, 0.25) is 0 Å². The molecule has 12 heteroatoms. The second-order valence-corrected chi connectivity index (χ2v) is 9.79. The molecule has 0 N–H and O–H groups in total. The van der Waals surface area contributed by atoms with E-state index in [2.05, 4.69) is 10.2 Å². The fourth-order valence-electron chi connectivity index (χ4n) is 5.06. The van der Waals surface area contributed by atoms with E-state index in [9.17, 15) is 18.0 Å². The zero-order valence-electron chi connectivity index (χ0n) is 20.0. The van der Waals surface area contributed by atoms with E-state index in [1.54, 1.807) is 31.3 Å². The summed E-state index contributed by atoms with van der Waals surface area (Å²) in [4.78, 5) is 15.4. The van der Waals surface area contributed by atoms with Gasteiger partial charge in [-0.3, -0.25) is 13.9 Å². The van der Waals surface area contributed by atoms with Crippen LogP contribution >= 0.6 is 0 Å². The highest BCUT2D eigenvalue weighted by molar-refractivity contribution is 5.58. The normalized spacial score (nSPS) is 18.5. The quantitative estimate of drug-likeness (QED) is 0.368. The Morgan fingerprint density at radius 2 is 1.95 bits per heavy atom. The third-order valence-corrected chi connectivity index (χ3v) is 7.36. The Labute approximate surface area is 208 Å². The fraction of sp³-hybridized carbons (Fsp3) is 0.400. The molecule has 2 fully saturated rings. The molecular weight excluding hydrogens is 492 g/mol. The molecule has 4 aromatic rings. The smallest absolute Gasteiger partial charge is 0.379 e. The first-order chi connectivity index (χ1) is 17.7. The molecule has 8 nitrogen and oxygen atoms in total. The Balaban J connectivity index is 1.44. The van der Waals surface area contributed by atoms with Crippen molar-refractivity contribution in [3.8, 4) is 5.69 Å². The maximum atomic E-state index is 15.8. The highest BCUT2D eigenvalue weighted by Gasteiger charge is 2.50. The van der Waals surface area contributed by atoms with Crippen LogP contribution in [-0.2, 0) is 29.9 Å². The molecule has 37 heavy (non-hydrogen) atoms. The van der Waals surface area contributed by atoms with Crippen molar-refractivity contribution in [2.24, 2.45) is 7.05 Å². The van der Waals surface area contributed by atoms with Gasteiger partial charge in [-0.25, -0.2) is 9.18 Å². The number of benzene rings is 1. The highest BCUT2D eigenvalue weighted by atomic mass is 19.4. The van der Waals surface area contributed by atoms with Crippen LogP contribution in [0, 0.1) is 0 Å². The van der Waals surface area contributed by atoms with E-state index in [0.717, 1.165) is 30.0 Å². The van der Waals surface area contributed by atoms with Gasteiger partial charge < -0.3 is 9.30 Å². The number of aryl methyl sites for hydroxylation is 1. The second kappa shape index (κ2) is 8.52. The third kappa shape index (κ3) is 3.86. The summed E-state index contributed by atoms with van der Waals surface area (Å²) >= 11 is 0. The van der Waals surface area contributed by atoms with Gasteiger partial charge in [-0.05, 0) is 48.8 Å². The molecule has 0 radical (unpaired) electrons. The molecule has 1 aromatic carbocycles. The molecule has 2 saturated heterocycles. The van der Waals surface area contributed by atoms with Crippen molar-refractivity contribution in [2.75, 3.05) is 26.3 Å². The SMILES string of the molecule is Cn1cnnc1C(F)C1(c2cccc(-n3cc4c(C(F)(F)F)cc(CN5CCC5)cn4c3=O)c2)COC1. The molecule has 2 aliphatic rings. The maximum Gasteiger partial charge on any atom is 0.418 e. The van der Waals surface area contributed by atoms with Crippen LogP contribution in [0.1, 0.15) is 35.1 Å². The molecule has 1 unspecified atom stereocenters. The van der Waals surface area contributed by atoms with Gasteiger partial charge in [0.1, 0.15) is 6.33 Å². The number of pyridine rings is 1. The van der Waals surface area contributed by atoms with Crippen molar-refractivity contribution < 1.29 is 22.3 Å². The lowest BCUT2D eigenvalue weighted by Crippen LogP contribution is -2.50. The van der Waals surface area contributed by atoms with Crippen LogP contribution in [0.3, 0.4) is 0 Å². The van der Waals surface area contributed by atoms with Gasteiger partial charge in [0.2, 0.25) is 0 Å². The van der Waals surface area contributed by atoms with Gasteiger partial charge in [0.25, 0.3) is 0 Å². The molecule has 0 bridgehead atoms. The molecule has 1 atom stereocenters. The van der Waals surface area contributed by atoms with Gasteiger partial charge in [0, 0.05) is 26.0 Å². The number of likely N-dealkylation sites (tertiary alicyclic amines) is 1. The standard InChI is InChI=1S/C25H24F4N6O2/c1-32-15-30-31-22(32)21(26)24(13-37-14-24)17-4-2-5-18(9-17)34-12-20-19(25(27,28)29)8-16(10-33-6-3-7-33)11-35(20)23(34)36/h2,4-5,8-9,11-12,15,21H,3,6-7,10,13-14H2,1H3. The minimum atomic E-state index is -4.64. The Bertz CT molecular complexity index is 1530. The van der Waals surface area contributed by atoms with Crippen molar-refractivity contribution in [1.82, 2.24) is 28.6 Å². The topological polar surface area (TPSA) is 69.6 Å². The molecule has 0 saturated carbocycles. The third-order valence-electron chi connectivity index (χ3n) is 7.36. The summed E-state index contributed by atoms with van der Waals surface area (Å²) in [5, 5.41) is 7.66. The van der Waals surface area contributed by atoms with Gasteiger partial charge in [-0.1, -0.05) is 12.1 Å². The summed E-state index contributed by atoms with van der Waals surface area (Å²) in [5.41, 5.74) is -1.48. The number of aromatic nitrogens is 5. The highest BCUT2D eigenvalue weighted by Crippen LogP contribution is 2.45. The molecule has 2 aliphatic heterocycles. The molecule has 6 rings (SSSR count). The van der Waals surface area contributed by atoms with Gasteiger partial charge in [-0.15, -0.1) is 10.2 Å².